The molecule has 3 heterocycles. The van der Waals surface area contributed by atoms with E-state index in [2.05, 4.69) is 5.16 Å². The molecular weight excluding hydrogens is 266 g/mol. The third-order valence-corrected chi connectivity index (χ3v) is 4.06. The van der Waals surface area contributed by atoms with E-state index in [1.165, 1.54) is 15.9 Å². The number of amides is 1. The summed E-state index contributed by atoms with van der Waals surface area (Å²) in [5.74, 6) is 0.212. The molecule has 0 spiro atoms. The van der Waals surface area contributed by atoms with Gasteiger partial charge in [0.1, 0.15) is 0 Å². The Balaban J connectivity index is 1.79. The van der Waals surface area contributed by atoms with Gasteiger partial charge in [-0.25, -0.2) is 4.79 Å². The molecule has 1 aliphatic rings. The van der Waals surface area contributed by atoms with Crippen molar-refractivity contribution in [3.05, 3.63) is 28.1 Å². The molecule has 19 heavy (non-hydrogen) atoms. The number of aromatic nitrogens is 2. The van der Waals surface area contributed by atoms with Gasteiger partial charge in [0.2, 0.25) is 5.91 Å². The van der Waals surface area contributed by atoms with Crippen molar-refractivity contribution >= 4 is 17.2 Å². The molecule has 0 saturated carbocycles. The number of hydrogen-bond donors (Lipinski definition) is 0. The quantitative estimate of drug-likeness (QED) is 0.843. The molecule has 0 N–H and O–H groups in total. The first-order valence-electron chi connectivity index (χ1n) is 6.14. The predicted molar refractivity (Wildman–Crippen MR) is 69.9 cm³/mol. The van der Waals surface area contributed by atoms with Crippen molar-refractivity contribution in [1.29, 1.82) is 0 Å². The fourth-order valence-corrected chi connectivity index (χ4v) is 2.92. The van der Waals surface area contributed by atoms with Gasteiger partial charge >= 0.3 is 5.76 Å². The molecule has 1 fully saturated rings. The largest absolute Gasteiger partial charge is 0.441 e. The van der Waals surface area contributed by atoms with E-state index in [0.29, 0.717) is 25.3 Å². The molecule has 100 valence electrons. The Labute approximate surface area is 113 Å². The minimum Gasteiger partial charge on any atom is -0.341 e. The fourth-order valence-electron chi connectivity index (χ4n) is 2.21. The summed E-state index contributed by atoms with van der Waals surface area (Å²) in [7, 11) is 0. The van der Waals surface area contributed by atoms with Crippen molar-refractivity contribution in [2.75, 3.05) is 13.1 Å². The van der Waals surface area contributed by atoms with E-state index in [1.54, 1.807) is 4.90 Å². The molecule has 1 aliphatic heterocycles. The summed E-state index contributed by atoms with van der Waals surface area (Å²) in [6, 6.07) is 3.78. The lowest BCUT2D eigenvalue weighted by Crippen LogP contribution is -2.30. The van der Waals surface area contributed by atoms with Crippen molar-refractivity contribution in [3.8, 4) is 10.7 Å². The molecular formula is C12H13N3O3S. The van der Waals surface area contributed by atoms with Gasteiger partial charge in [0, 0.05) is 26.1 Å². The topological polar surface area (TPSA) is 68.3 Å². The van der Waals surface area contributed by atoms with Crippen LogP contribution in [0.2, 0.25) is 0 Å². The number of thiophene rings is 1. The minimum atomic E-state index is -0.477. The number of carbonyl (C=O) groups is 1. The van der Waals surface area contributed by atoms with E-state index in [1.807, 2.05) is 17.5 Å². The van der Waals surface area contributed by atoms with Crippen LogP contribution in [0.15, 0.2) is 26.8 Å². The lowest BCUT2D eigenvalue weighted by molar-refractivity contribution is -0.127. The number of rotatable bonds is 4. The number of hydrogen-bond acceptors (Lipinski definition) is 5. The van der Waals surface area contributed by atoms with Crippen molar-refractivity contribution in [2.24, 2.45) is 0 Å². The first-order valence-corrected chi connectivity index (χ1v) is 7.02. The van der Waals surface area contributed by atoms with Crippen molar-refractivity contribution in [3.63, 3.8) is 0 Å². The van der Waals surface area contributed by atoms with Gasteiger partial charge in [0.15, 0.2) is 5.82 Å². The van der Waals surface area contributed by atoms with E-state index < -0.39 is 5.76 Å². The highest BCUT2D eigenvalue weighted by Crippen LogP contribution is 2.21. The third-order valence-electron chi connectivity index (χ3n) is 3.19. The van der Waals surface area contributed by atoms with Crippen LogP contribution in [0.3, 0.4) is 0 Å². The van der Waals surface area contributed by atoms with Crippen molar-refractivity contribution in [2.45, 2.75) is 19.4 Å². The zero-order chi connectivity index (χ0) is 13.2. The Morgan fingerprint density at radius 3 is 2.95 bits per heavy atom. The summed E-state index contributed by atoms with van der Waals surface area (Å²) in [4.78, 5) is 25.9. The van der Waals surface area contributed by atoms with E-state index in [0.717, 1.165) is 17.8 Å². The predicted octanol–water partition coefficient (Wildman–Crippen LogP) is 1.19. The second-order valence-electron chi connectivity index (χ2n) is 4.39. The summed E-state index contributed by atoms with van der Waals surface area (Å²) in [5.41, 5.74) is 0. The van der Waals surface area contributed by atoms with Crippen LogP contribution < -0.4 is 5.76 Å². The number of likely N-dealkylation sites (tertiary alicyclic amines) is 1. The molecule has 1 saturated heterocycles. The van der Waals surface area contributed by atoms with Gasteiger partial charge < -0.3 is 4.90 Å². The van der Waals surface area contributed by atoms with Crippen LogP contribution in [-0.4, -0.2) is 33.6 Å². The zero-order valence-electron chi connectivity index (χ0n) is 10.2. The minimum absolute atomic E-state index is 0.155. The second kappa shape index (κ2) is 5.00. The molecule has 0 atom stereocenters. The number of nitrogens with zero attached hydrogens (tertiary/aromatic N) is 3. The van der Waals surface area contributed by atoms with Crippen molar-refractivity contribution in [1.82, 2.24) is 14.6 Å². The van der Waals surface area contributed by atoms with Crippen molar-refractivity contribution < 1.29 is 9.32 Å². The van der Waals surface area contributed by atoms with E-state index >= 15 is 0 Å². The molecule has 0 bridgehead atoms. The van der Waals surface area contributed by atoms with Crippen LogP contribution in [0.5, 0.6) is 0 Å². The molecule has 0 aromatic carbocycles. The van der Waals surface area contributed by atoms with Gasteiger partial charge in [-0.05, 0) is 17.9 Å². The van der Waals surface area contributed by atoms with Crippen LogP contribution in [0.1, 0.15) is 12.8 Å². The standard InChI is InChI=1S/C12H13N3O3S/c16-10-4-1-5-14(10)6-7-15-11(13-18-12(15)17)9-3-2-8-19-9/h2-3,8H,1,4-7H2. The van der Waals surface area contributed by atoms with Crippen LogP contribution in [0.25, 0.3) is 10.7 Å². The monoisotopic (exact) mass is 279 g/mol. The second-order valence-corrected chi connectivity index (χ2v) is 5.33. The molecule has 2 aromatic rings. The average Bonchev–Trinajstić information content (AvgIpc) is 3.09. The van der Waals surface area contributed by atoms with Crippen LogP contribution in [0.4, 0.5) is 0 Å². The van der Waals surface area contributed by atoms with Gasteiger partial charge in [0.05, 0.1) is 4.88 Å². The first-order chi connectivity index (χ1) is 9.25. The summed E-state index contributed by atoms with van der Waals surface area (Å²) < 4.78 is 6.21. The first kappa shape index (κ1) is 12.2. The Kier molecular flexibility index (Phi) is 3.20. The molecule has 0 aliphatic carbocycles. The molecule has 6 nitrogen and oxygen atoms in total. The van der Waals surface area contributed by atoms with E-state index in [9.17, 15) is 9.59 Å². The Bertz CT molecular complexity index is 629. The molecule has 0 radical (unpaired) electrons. The normalized spacial score (nSPS) is 15.4. The fraction of sp³-hybridized carbons (Fsp3) is 0.417. The SMILES string of the molecule is O=C1CCCN1CCn1c(-c2cccs2)noc1=O. The molecule has 0 unspecified atom stereocenters. The highest BCUT2D eigenvalue weighted by atomic mass is 32.1. The summed E-state index contributed by atoms with van der Waals surface area (Å²) in [6.45, 7) is 1.72. The van der Waals surface area contributed by atoms with Crippen LogP contribution in [-0.2, 0) is 11.3 Å². The smallest absolute Gasteiger partial charge is 0.341 e. The highest BCUT2D eigenvalue weighted by Gasteiger charge is 2.21. The third kappa shape index (κ3) is 2.33. The number of carbonyl (C=O) groups excluding carboxylic acids is 1. The van der Waals surface area contributed by atoms with Gasteiger partial charge in [-0.15, -0.1) is 11.3 Å². The summed E-state index contributed by atoms with van der Waals surface area (Å²) in [6.07, 6.45) is 1.51. The van der Waals surface area contributed by atoms with E-state index in [-0.39, 0.29) is 5.91 Å². The van der Waals surface area contributed by atoms with Gasteiger partial charge in [-0.3, -0.25) is 13.9 Å². The van der Waals surface area contributed by atoms with Gasteiger partial charge in [0.25, 0.3) is 0 Å². The maximum Gasteiger partial charge on any atom is 0.441 e. The molecule has 7 heteroatoms. The lowest BCUT2D eigenvalue weighted by Gasteiger charge is -2.15. The highest BCUT2D eigenvalue weighted by molar-refractivity contribution is 7.13. The zero-order valence-corrected chi connectivity index (χ0v) is 11.1. The van der Waals surface area contributed by atoms with Crippen LogP contribution >= 0.6 is 11.3 Å². The molecule has 2 aromatic heterocycles. The van der Waals surface area contributed by atoms with Gasteiger partial charge in [-0.1, -0.05) is 11.2 Å². The summed E-state index contributed by atoms with van der Waals surface area (Å²) in [5, 5.41) is 5.72. The summed E-state index contributed by atoms with van der Waals surface area (Å²) >= 11 is 1.50. The molecule has 3 rings (SSSR count). The maximum atomic E-state index is 11.7. The van der Waals surface area contributed by atoms with Crippen LogP contribution in [0, 0.1) is 0 Å². The Morgan fingerprint density at radius 2 is 2.26 bits per heavy atom. The lowest BCUT2D eigenvalue weighted by atomic mass is 10.4. The average molecular weight is 279 g/mol. The molecule has 1 amide bonds. The van der Waals surface area contributed by atoms with E-state index in [4.69, 9.17) is 4.52 Å². The maximum absolute atomic E-state index is 11.7. The van der Waals surface area contributed by atoms with Gasteiger partial charge in [-0.2, -0.15) is 0 Å². The Hall–Kier alpha value is -1.89. The Morgan fingerprint density at radius 1 is 1.37 bits per heavy atom.